The first kappa shape index (κ1) is 12.0. The smallest absolute Gasteiger partial charge is 0.251 e. The first-order valence-electron chi connectivity index (χ1n) is 4.36. The maximum absolute atomic E-state index is 11.6. The van der Waals surface area contributed by atoms with Gasteiger partial charge in [-0.25, -0.2) is 0 Å². The lowest BCUT2D eigenvalue weighted by Gasteiger charge is -2.09. The van der Waals surface area contributed by atoms with Crippen LogP contribution < -0.4 is 11.1 Å². The van der Waals surface area contributed by atoms with E-state index in [1.165, 1.54) is 0 Å². The van der Waals surface area contributed by atoms with E-state index in [1.54, 1.807) is 25.1 Å². The zero-order valence-electron chi connectivity index (χ0n) is 8.16. The molecule has 0 heterocycles. The molecule has 80 valence electrons. The van der Waals surface area contributed by atoms with Crippen LogP contribution in [0.2, 0.25) is 0 Å². The summed E-state index contributed by atoms with van der Waals surface area (Å²) in [6.45, 7) is 1.55. The van der Waals surface area contributed by atoms with Gasteiger partial charge in [0.25, 0.3) is 5.91 Å². The molecule has 3 N–H and O–H groups in total. The van der Waals surface area contributed by atoms with Crippen molar-refractivity contribution in [2.75, 3.05) is 0 Å². The Kier molecular flexibility index (Phi) is 4.07. The van der Waals surface area contributed by atoms with Crippen molar-refractivity contribution in [3.05, 3.63) is 33.4 Å². The van der Waals surface area contributed by atoms with Gasteiger partial charge in [-0.3, -0.25) is 9.59 Å². The van der Waals surface area contributed by atoms with Crippen molar-refractivity contribution >= 4 is 34.4 Å². The minimum absolute atomic E-state index is 0.292. The van der Waals surface area contributed by atoms with E-state index < -0.39 is 11.9 Å². The van der Waals surface area contributed by atoms with E-state index >= 15 is 0 Å². The van der Waals surface area contributed by atoms with Crippen molar-refractivity contribution in [1.29, 1.82) is 0 Å². The molecule has 15 heavy (non-hydrogen) atoms. The van der Waals surface area contributed by atoms with E-state index in [1.807, 2.05) is 6.07 Å². The standard InChI is InChI=1S/C10H11IN2O2/c1-6(9(12)14)13-10(15)7-3-2-4-8(11)5-7/h2-6H,1H3,(H2,12,14)(H,13,15)/t6-/m0/s1. The Bertz CT molecular complexity index is 393. The number of nitrogens with one attached hydrogen (secondary N) is 1. The Morgan fingerprint density at radius 1 is 1.47 bits per heavy atom. The topological polar surface area (TPSA) is 72.2 Å². The number of nitrogens with two attached hydrogens (primary N) is 1. The fraction of sp³-hybridized carbons (Fsp3) is 0.200. The van der Waals surface area contributed by atoms with E-state index in [9.17, 15) is 9.59 Å². The Morgan fingerprint density at radius 3 is 2.67 bits per heavy atom. The first-order chi connectivity index (χ1) is 7.00. The summed E-state index contributed by atoms with van der Waals surface area (Å²) >= 11 is 2.11. The predicted octanol–water partition coefficient (Wildman–Crippen LogP) is 0.895. The molecule has 0 spiro atoms. The van der Waals surface area contributed by atoms with E-state index in [-0.39, 0.29) is 5.91 Å². The lowest BCUT2D eigenvalue weighted by molar-refractivity contribution is -0.119. The van der Waals surface area contributed by atoms with Gasteiger partial charge in [-0.05, 0) is 47.7 Å². The molecule has 1 aromatic carbocycles. The van der Waals surface area contributed by atoms with E-state index in [4.69, 9.17) is 5.73 Å². The van der Waals surface area contributed by atoms with Gasteiger partial charge in [0.2, 0.25) is 5.91 Å². The molecule has 0 saturated carbocycles. The number of halogens is 1. The van der Waals surface area contributed by atoms with Gasteiger partial charge in [0.1, 0.15) is 6.04 Å². The lowest BCUT2D eigenvalue weighted by Crippen LogP contribution is -2.42. The summed E-state index contributed by atoms with van der Waals surface area (Å²) in [4.78, 5) is 22.3. The molecule has 0 fully saturated rings. The number of benzene rings is 1. The largest absolute Gasteiger partial charge is 0.368 e. The third-order valence-electron chi connectivity index (χ3n) is 1.86. The second-order valence-electron chi connectivity index (χ2n) is 3.11. The van der Waals surface area contributed by atoms with Gasteiger partial charge in [-0.1, -0.05) is 6.07 Å². The Morgan fingerprint density at radius 2 is 2.13 bits per heavy atom. The molecule has 0 saturated heterocycles. The SMILES string of the molecule is C[C@H](NC(=O)c1cccc(I)c1)C(N)=O. The van der Waals surface area contributed by atoms with Crippen LogP contribution in [-0.2, 0) is 4.79 Å². The quantitative estimate of drug-likeness (QED) is 0.813. The second kappa shape index (κ2) is 5.11. The highest BCUT2D eigenvalue weighted by molar-refractivity contribution is 14.1. The third kappa shape index (κ3) is 3.50. The highest BCUT2D eigenvalue weighted by Gasteiger charge is 2.13. The number of carbonyl (C=O) groups is 2. The minimum atomic E-state index is -0.657. The van der Waals surface area contributed by atoms with Crippen LogP contribution in [0.3, 0.4) is 0 Å². The molecular formula is C10H11IN2O2. The average Bonchev–Trinajstić information content (AvgIpc) is 2.17. The predicted molar refractivity (Wildman–Crippen MR) is 65.3 cm³/mol. The van der Waals surface area contributed by atoms with Crippen LogP contribution in [0.4, 0.5) is 0 Å². The molecule has 0 aromatic heterocycles. The van der Waals surface area contributed by atoms with Crippen molar-refractivity contribution in [3.8, 4) is 0 Å². The van der Waals surface area contributed by atoms with Gasteiger partial charge >= 0.3 is 0 Å². The molecule has 0 unspecified atom stereocenters. The van der Waals surface area contributed by atoms with Crippen molar-refractivity contribution in [1.82, 2.24) is 5.32 Å². The number of hydrogen-bond donors (Lipinski definition) is 2. The lowest BCUT2D eigenvalue weighted by atomic mass is 10.2. The molecule has 0 aliphatic rings. The summed E-state index contributed by atoms with van der Waals surface area (Å²) in [5.41, 5.74) is 5.56. The summed E-state index contributed by atoms with van der Waals surface area (Å²) in [5.74, 6) is -0.839. The fourth-order valence-corrected chi connectivity index (χ4v) is 1.52. The van der Waals surface area contributed by atoms with Crippen LogP contribution in [0.15, 0.2) is 24.3 Å². The maximum Gasteiger partial charge on any atom is 0.251 e. The molecule has 5 heteroatoms. The molecule has 4 nitrogen and oxygen atoms in total. The second-order valence-corrected chi connectivity index (χ2v) is 4.35. The van der Waals surface area contributed by atoms with Gasteiger partial charge in [-0.2, -0.15) is 0 Å². The summed E-state index contributed by atoms with van der Waals surface area (Å²) in [7, 11) is 0. The van der Waals surface area contributed by atoms with Crippen molar-refractivity contribution < 1.29 is 9.59 Å². The first-order valence-corrected chi connectivity index (χ1v) is 5.44. The summed E-state index contributed by atoms with van der Waals surface area (Å²) < 4.78 is 0.965. The normalized spacial score (nSPS) is 11.9. The number of primary amides is 1. The van der Waals surface area contributed by atoms with Crippen LogP contribution in [0, 0.1) is 3.57 Å². The van der Waals surface area contributed by atoms with E-state index in [0.29, 0.717) is 5.56 Å². The van der Waals surface area contributed by atoms with Crippen molar-refractivity contribution in [2.24, 2.45) is 5.73 Å². The number of rotatable bonds is 3. The highest BCUT2D eigenvalue weighted by Crippen LogP contribution is 2.07. The van der Waals surface area contributed by atoms with Crippen molar-refractivity contribution in [3.63, 3.8) is 0 Å². The van der Waals surface area contributed by atoms with Crippen LogP contribution >= 0.6 is 22.6 Å². The van der Waals surface area contributed by atoms with Gasteiger partial charge in [0.15, 0.2) is 0 Å². The maximum atomic E-state index is 11.6. The highest BCUT2D eigenvalue weighted by atomic mass is 127. The van der Waals surface area contributed by atoms with Gasteiger partial charge in [-0.15, -0.1) is 0 Å². The molecule has 0 aliphatic heterocycles. The molecule has 0 bridgehead atoms. The summed E-state index contributed by atoms with van der Waals surface area (Å²) in [5, 5.41) is 2.51. The molecular weight excluding hydrogens is 307 g/mol. The molecule has 2 amide bonds. The average molecular weight is 318 g/mol. The minimum Gasteiger partial charge on any atom is -0.368 e. The van der Waals surface area contributed by atoms with Gasteiger partial charge < -0.3 is 11.1 Å². The van der Waals surface area contributed by atoms with Crippen LogP contribution in [0.25, 0.3) is 0 Å². The summed E-state index contributed by atoms with van der Waals surface area (Å²) in [6.07, 6.45) is 0. The number of carbonyl (C=O) groups excluding carboxylic acids is 2. The molecule has 1 aromatic rings. The molecule has 1 atom stereocenters. The van der Waals surface area contributed by atoms with Gasteiger partial charge in [0.05, 0.1) is 0 Å². The third-order valence-corrected chi connectivity index (χ3v) is 2.53. The van der Waals surface area contributed by atoms with Gasteiger partial charge in [0, 0.05) is 9.13 Å². The Hall–Kier alpha value is -1.11. The number of amides is 2. The van der Waals surface area contributed by atoms with Crippen LogP contribution in [-0.4, -0.2) is 17.9 Å². The van der Waals surface area contributed by atoms with Crippen molar-refractivity contribution in [2.45, 2.75) is 13.0 Å². The van der Waals surface area contributed by atoms with E-state index in [2.05, 4.69) is 27.9 Å². The Labute approximate surface area is 101 Å². The molecule has 1 rings (SSSR count). The molecule has 0 radical (unpaired) electrons. The van der Waals surface area contributed by atoms with Crippen LogP contribution in [0.5, 0.6) is 0 Å². The fourth-order valence-electron chi connectivity index (χ4n) is 0.981. The molecule has 0 aliphatic carbocycles. The van der Waals surface area contributed by atoms with E-state index in [0.717, 1.165) is 3.57 Å². The Balaban J connectivity index is 2.73. The zero-order chi connectivity index (χ0) is 11.4. The summed E-state index contributed by atoms with van der Waals surface area (Å²) in [6, 6.07) is 6.44. The van der Waals surface area contributed by atoms with Crippen LogP contribution in [0.1, 0.15) is 17.3 Å². The zero-order valence-corrected chi connectivity index (χ0v) is 10.3. The number of hydrogen-bond acceptors (Lipinski definition) is 2. The monoisotopic (exact) mass is 318 g/mol.